The van der Waals surface area contributed by atoms with Crippen molar-refractivity contribution < 1.29 is 0 Å². The number of aliphatic imine (C=N–C) groups is 1. The predicted molar refractivity (Wildman–Crippen MR) is 77.2 cm³/mol. The van der Waals surface area contributed by atoms with Crippen molar-refractivity contribution >= 4 is 23.0 Å². The maximum Gasteiger partial charge on any atom is 0.196 e. The average Bonchev–Trinajstić information content (AvgIpc) is 2.99. The molecule has 1 aromatic carbocycles. The van der Waals surface area contributed by atoms with Crippen molar-refractivity contribution in [2.24, 2.45) is 10.7 Å². The number of nitrogens with two attached hydrogens (primary N) is 1. The molecule has 0 aliphatic carbocycles. The molecule has 0 fully saturated rings. The summed E-state index contributed by atoms with van der Waals surface area (Å²) < 4.78 is 0. The van der Waals surface area contributed by atoms with E-state index in [1.54, 1.807) is 11.3 Å². The molecule has 1 aliphatic rings. The highest BCUT2D eigenvalue weighted by Crippen LogP contribution is 2.32. The lowest BCUT2D eigenvalue weighted by Gasteiger charge is -2.26. The highest BCUT2D eigenvalue weighted by molar-refractivity contribution is 7.08. The van der Waals surface area contributed by atoms with Gasteiger partial charge in [0.05, 0.1) is 12.6 Å². The quantitative estimate of drug-likeness (QED) is 0.898. The summed E-state index contributed by atoms with van der Waals surface area (Å²) in [5, 5.41) is 4.26. The molecule has 2 heterocycles. The summed E-state index contributed by atoms with van der Waals surface area (Å²) in [5.74, 6) is 0.607. The molecule has 4 heteroatoms. The molecule has 0 radical (unpaired) electrons. The van der Waals surface area contributed by atoms with Gasteiger partial charge in [0.2, 0.25) is 0 Å². The van der Waals surface area contributed by atoms with E-state index in [1.165, 1.54) is 11.1 Å². The van der Waals surface area contributed by atoms with Crippen LogP contribution in [0.15, 0.2) is 46.1 Å². The molecule has 92 valence electrons. The molecule has 0 spiro atoms. The summed E-state index contributed by atoms with van der Waals surface area (Å²) in [7, 11) is 0. The van der Waals surface area contributed by atoms with Crippen LogP contribution in [0.1, 0.15) is 17.2 Å². The van der Waals surface area contributed by atoms with Gasteiger partial charge >= 0.3 is 0 Å². The first-order chi connectivity index (χ1) is 8.75. The molecule has 18 heavy (non-hydrogen) atoms. The van der Waals surface area contributed by atoms with Crippen LogP contribution in [0.4, 0.5) is 5.69 Å². The molecule has 1 unspecified atom stereocenters. The molecule has 1 aliphatic heterocycles. The largest absolute Gasteiger partial charge is 0.369 e. The molecule has 0 amide bonds. The second kappa shape index (κ2) is 4.46. The summed E-state index contributed by atoms with van der Waals surface area (Å²) in [6, 6.07) is 10.8. The Morgan fingerprint density at radius 2 is 2.06 bits per heavy atom. The Kier molecular flexibility index (Phi) is 2.80. The molecule has 1 atom stereocenters. The van der Waals surface area contributed by atoms with E-state index in [0.717, 1.165) is 12.2 Å². The number of hydrogen-bond donors (Lipinski definition) is 1. The van der Waals surface area contributed by atoms with Crippen molar-refractivity contribution in [3.05, 3.63) is 52.2 Å². The smallest absolute Gasteiger partial charge is 0.196 e. The minimum atomic E-state index is 0.235. The van der Waals surface area contributed by atoms with E-state index in [2.05, 4.69) is 57.9 Å². The molecule has 0 saturated carbocycles. The zero-order chi connectivity index (χ0) is 12.5. The first-order valence-corrected chi connectivity index (χ1v) is 6.88. The number of benzene rings is 1. The van der Waals surface area contributed by atoms with Gasteiger partial charge < -0.3 is 10.6 Å². The minimum Gasteiger partial charge on any atom is -0.369 e. The monoisotopic (exact) mass is 257 g/mol. The minimum absolute atomic E-state index is 0.235. The Morgan fingerprint density at radius 1 is 1.28 bits per heavy atom. The molecule has 1 aromatic heterocycles. The standard InChI is InChI=1S/C14H15N3S/c1-10-2-4-12(5-3-10)17-13(8-16-14(17)15)11-6-7-18-9-11/h2-7,9,13H,8H2,1H3,(H2,15,16). The van der Waals surface area contributed by atoms with Gasteiger partial charge in [-0.2, -0.15) is 11.3 Å². The van der Waals surface area contributed by atoms with Crippen molar-refractivity contribution in [2.75, 3.05) is 11.4 Å². The second-order valence-corrected chi connectivity index (χ2v) is 5.26. The molecule has 0 saturated heterocycles. The Balaban J connectivity index is 1.97. The SMILES string of the molecule is Cc1ccc(N2C(N)=NCC2c2ccsc2)cc1. The maximum atomic E-state index is 6.02. The van der Waals surface area contributed by atoms with Crippen LogP contribution in [0.25, 0.3) is 0 Å². The lowest BCUT2D eigenvalue weighted by Crippen LogP contribution is -2.35. The van der Waals surface area contributed by atoms with Gasteiger partial charge in [0.1, 0.15) is 0 Å². The zero-order valence-corrected chi connectivity index (χ0v) is 11.0. The topological polar surface area (TPSA) is 41.6 Å². The zero-order valence-electron chi connectivity index (χ0n) is 10.2. The molecular weight excluding hydrogens is 242 g/mol. The van der Waals surface area contributed by atoms with Crippen LogP contribution < -0.4 is 10.6 Å². The number of nitrogens with zero attached hydrogens (tertiary/aromatic N) is 2. The third kappa shape index (κ3) is 1.88. The number of anilines is 1. The first kappa shape index (κ1) is 11.3. The fourth-order valence-corrected chi connectivity index (χ4v) is 2.94. The third-order valence-electron chi connectivity index (χ3n) is 3.22. The van der Waals surface area contributed by atoms with Crippen LogP contribution in [0.2, 0.25) is 0 Å². The molecular formula is C14H15N3S. The molecule has 0 bridgehead atoms. The van der Waals surface area contributed by atoms with E-state index in [0.29, 0.717) is 5.96 Å². The van der Waals surface area contributed by atoms with Crippen molar-refractivity contribution in [1.82, 2.24) is 0 Å². The molecule has 2 N–H and O–H groups in total. The Morgan fingerprint density at radius 3 is 2.72 bits per heavy atom. The number of aryl methyl sites for hydroxylation is 1. The number of thiophene rings is 1. The Labute approximate surface area is 111 Å². The van der Waals surface area contributed by atoms with E-state index in [1.807, 2.05) is 0 Å². The Hall–Kier alpha value is -1.81. The number of rotatable bonds is 2. The van der Waals surface area contributed by atoms with E-state index in [9.17, 15) is 0 Å². The lowest BCUT2D eigenvalue weighted by atomic mass is 10.1. The van der Waals surface area contributed by atoms with Gasteiger partial charge in [-0.05, 0) is 41.4 Å². The summed E-state index contributed by atoms with van der Waals surface area (Å²) in [6.07, 6.45) is 0. The fourth-order valence-electron chi connectivity index (χ4n) is 2.23. The van der Waals surface area contributed by atoms with Gasteiger partial charge in [-0.3, -0.25) is 4.99 Å². The first-order valence-electron chi connectivity index (χ1n) is 5.93. The number of hydrogen-bond acceptors (Lipinski definition) is 4. The van der Waals surface area contributed by atoms with Crippen LogP contribution in [-0.2, 0) is 0 Å². The van der Waals surface area contributed by atoms with Crippen LogP contribution in [0.5, 0.6) is 0 Å². The van der Waals surface area contributed by atoms with Crippen molar-refractivity contribution in [3.8, 4) is 0 Å². The second-order valence-electron chi connectivity index (χ2n) is 4.48. The summed E-state index contributed by atoms with van der Waals surface area (Å²) in [6.45, 7) is 2.82. The van der Waals surface area contributed by atoms with E-state index in [4.69, 9.17) is 5.73 Å². The van der Waals surface area contributed by atoms with Gasteiger partial charge in [0.25, 0.3) is 0 Å². The van der Waals surface area contributed by atoms with Crippen molar-refractivity contribution in [1.29, 1.82) is 0 Å². The third-order valence-corrected chi connectivity index (χ3v) is 3.93. The highest BCUT2D eigenvalue weighted by atomic mass is 32.1. The van der Waals surface area contributed by atoms with Crippen molar-refractivity contribution in [3.63, 3.8) is 0 Å². The normalized spacial score (nSPS) is 19.1. The van der Waals surface area contributed by atoms with E-state index >= 15 is 0 Å². The molecule has 3 nitrogen and oxygen atoms in total. The van der Waals surface area contributed by atoms with Crippen LogP contribution in [-0.4, -0.2) is 12.5 Å². The summed E-state index contributed by atoms with van der Waals surface area (Å²) in [5.41, 5.74) is 9.66. The van der Waals surface area contributed by atoms with E-state index < -0.39 is 0 Å². The summed E-state index contributed by atoms with van der Waals surface area (Å²) in [4.78, 5) is 6.49. The van der Waals surface area contributed by atoms with Crippen molar-refractivity contribution in [2.45, 2.75) is 13.0 Å². The predicted octanol–water partition coefficient (Wildman–Crippen LogP) is 2.93. The maximum absolute atomic E-state index is 6.02. The molecule has 2 aromatic rings. The van der Waals surface area contributed by atoms with E-state index in [-0.39, 0.29) is 6.04 Å². The average molecular weight is 257 g/mol. The van der Waals surface area contributed by atoms with Gasteiger partial charge in [-0.25, -0.2) is 0 Å². The number of guanidine groups is 1. The highest BCUT2D eigenvalue weighted by Gasteiger charge is 2.28. The lowest BCUT2D eigenvalue weighted by molar-refractivity contribution is 0.772. The van der Waals surface area contributed by atoms with Crippen LogP contribution >= 0.6 is 11.3 Å². The van der Waals surface area contributed by atoms with Gasteiger partial charge in [-0.15, -0.1) is 0 Å². The van der Waals surface area contributed by atoms with Gasteiger partial charge in [0, 0.05) is 5.69 Å². The van der Waals surface area contributed by atoms with Gasteiger partial charge in [0.15, 0.2) is 5.96 Å². The molecule has 3 rings (SSSR count). The van der Waals surface area contributed by atoms with Crippen LogP contribution in [0, 0.1) is 6.92 Å². The Bertz CT molecular complexity index is 557. The fraction of sp³-hybridized carbons (Fsp3) is 0.214. The van der Waals surface area contributed by atoms with Crippen LogP contribution in [0.3, 0.4) is 0 Å². The van der Waals surface area contributed by atoms with Gasteiger partial charge in [-0.1, -0.05) is 17.7 Å². The summed E-state index contributed by atoms with van der Waals surface area (Å²) >= 11 is 1.71.